The first-order chi connectivity index (χ1) is 9.93. The molecule has 1 aliphatic rings. The highest BCUT2D eigenvalue weighted by molar-refractivity contribution is 5.33. The molecule has 3 unspecified atom stereocenters. The van der Waals surface area contributed by atoms with Gasteiger partial charge in [-0.3, -0.25) is 0 Å². The van der Waals surface area contributed by atoms with Gasteiger partial charge in [0.2, 0.25) is 5.79 Å². The minimum Gasteiger partial charge on any atom is -0.497 e. The maximum Gasteiger partial charge on any atom is 0.212 e. The maximum absolute atomic E-state index is 10.9. The third-order valence-corrected chi connectivity index (χ3v) is 3.95. The van der Waals surface area contributed by atoms with E-state index in [1.165, 1.54) is 0 Å². The number of aliphatic hydroxyl groups excluding tert-OH is 1. The van der Waals surface area contributed by atoms with Gasteiger partial charge in [0.05, 0.1) is 13.2 Å². The Balaban J connectivity index is 2.16. The highest BCUT2D eigenvalue weighted by atomic mass is 16.6. The molecule has 0 saturated heterocycles. The van der Waals surface area contributed by atoms with Crippen LogP contribution < -0.4 is 9.47 Å². The van der Waals surface area contributed by atoms with Crippen LogP contribution in [0, 0.1) is 5.92 Å². The summed E-state index contributed by atoms with van der Waals surface area (Å²) in [6.45, 7) is 0.664. The van der Waals surface area contributed by atoms with Crippen molar-refractivity contribution in [1.82, 2.24) is 4.90 Å². The van der Waals surface area contributed by atoms with Crippen molar-refractivity contribution in [2.24, 2.45) is 5.92 Å². The first-order valence-corrected chi connectivity index (χ1v) is 7.31. The van der Waals surface area contributed by atoms with E-state index in [1.807, 2.05) is 31.1 Å². The number of hydrogen-bond acceptors (Lipinski definition) is 5. The molecule has 1 saturated carbocycles. The Kier molecular flexibility index (Phi) is 5.08. The van der Waals surface area contributed by atoms with E-state index in [9.17, 15) is 10.2 Å². The molecule has 0 amide bonds. The third kappa shape index (κ3) is 4.09. The number of hydrogen-bond donors (Lipinski definition) is 2. The van der Waals surface area contributed by atoms with Crippen LogP contribution in [0.1, 0.15) is 19.3 Å². The summed E-state index contributed by atoms with van der Waals surface area (Å²) in [6.07, 6.45) is 1.14. The second-order valence-electron chi connectivity index (χ2n) is 6.01. The highest BCUT2D eigenvalue weighted by Crippen LogP contribution is 2.37. The summed E-state index contributed by atoms with van der Waals surface area (Å²) in [5.41, 5.74) is 0. The van der Waals surface area contributed by atoms with Crippen molar-refractivity contribution >= 4 is 0 Å². The van der Waals surface area contributed by atoms with E-state index in [4.69, 9.17) is 9.47 Å². The lowest BCUT2D eigenvalue weighted by Gasteiger charge is -2.42. The van der Waals surface area contributed by atoms with Crippen molar-refractivity contribution in [3.8, 4) is 11.5 Å². The summed E-state index contributed by atoms with van der Waals surface area (Å²) in [6, 6.07) is 7.23. The zero-order valence-corrected chi connectivity index (χ0v) is 13.0. The monoisotopic (exact) mass is 295 g/mol. The molecule has 2 rings (SSSR count). The van der Waals surface area contributed by atoms with E-state index in [-0.39, 0.29) is 12.0 Å². The molecule has 1 aliphatic carbocycles. The molecule has 0 aliphatic heterocycles. The summed E-state index contributed by atoms with van der Waals surface area (Å²) in [7, 11) is 5.50. The van der Waals surface area contributed by atoms with E-state index in [1.54, 1.807) is 19.2 Å². The normalized spacial score (nSPS) is 29.4. The predicted octanol–water partition coefficient (Wildman–Crippen LogP) is 1.49. The number of nitrogens with zero attached hydrogens (tertiary/aromatic N) is 1. The van der Waals surface area contributed by atoms with Crippen molar-refractivity contribution in [3.63, 3.8) is 0 Å². The average molecular weight is 295 g/mol. The van der Waals surface area contributed by atoms with Crippen LogP contribution in [0.15, 0.2) is 24.3 Å². The fourth-order valence-corrected chi connectivity index (χ4v) is 2.87. The van der Waals surface area contributed by atoms with Crippen molar-refractivity contribution in [2.75, 3.05) is 27.7 Å². The lowest BCUT2D eigenvalue weighted by atomic mass is 9.81. The highest BCUT2D eigenvalue weighted by Gasteiger charge is 2.44. The van der Waals surface area contributed by atoms with E-state index in [0.29, 0.717) is 37.3 Å². The molecule has 0 bridgehead atoms. The molecule has 1 aromatic rings. The molecular formula is C16H25NO4. The van der Waals surface area contributed by atoms with Crippen LogP contribution in [0.4, 0.5) is 0 Å². The summed E-state index contributed by atoms with van der Waals surface area (Å²) in [5.74, 6) is -0.119. The van der Waals surface area contributed by atoms with Gasteiger partial charge in [0.25, 0.3) is 0 Å². The molecule has 21 heavy (non-hydrogen) atoms. The van der Waals surface area contributed by atoms with Crippen molar-refractivity contribution < 1.29 is 19.7 Å². The Morgan fingerprint density at radius 3 is 2.71 bits per heavy atom. The third-order valence-electron chi connectivity index (χ3n) is 3.95. The second kappa shape index (κ2) is 6.64. The minimum atomic E-state index is -1.25. The first kappa shape index (κ1) is 16.1. The van der Waals surface area contributed by atoms with Crippen LogP contribution in [0.5, 0.6) is 11.5 Å². The van der Waals surface area contributed by atoms with Gasteiger partial charge in [-0.25, -0.2) is 0 Å². The van der Waals surface area contributed by atoms with Gasteiger partial charge in [0, 0.05) is 24.9 Å². The molecule has 2 N–H and O–H groups in total. The lowest BCUT2D eigenvalue weighted by Crippen LogP contribution is -2.52. The van der Waals surface area contributed by atoms with E-state index >= 15 is 0 Å². The van der Waals surface area contributed by atoms with Gasteiger partial charge in [-0.05, 0) is 39.1 Å². The largest absolute Gasteiger partial charge is 0.497 e. The smallest absolute Gasteiger partial charge is 0.212 e. The van der Waals surface area contributed by atoms with Crippen LogP contribution in [-0.4, -0.2) is 54.8 Å². The molecule has 1 fully saturated rings. The SMILES string of the molecule is COc1cccc(OC2(O)CCC(O)CC2CN(C)C)c1. The van der Waals surface area contributed by atoms with Crippen LogP contribution in [0.3, 0.4) is 0 Å². The second-order valence-corrected chi connectivity index (χ2v) is 6.01. The fraction of sp³-hybridized carbons (Fsp3) is 0.625. The van der Waals surface area contributed by atoms with Crippen molar-refractivity contribution in [1.29, 1.82) is 0 Å². The van der Waals surface area contributed by atoms with E-state index in [2.05, 4.69) is 0 Å². The van der Waals surface area contributed by atoms with Crippen molar-refractivity contribution in [3.05, 3.63) is 24.3 Å². The van der Waals surface area contributed by atoms with E-state index in [0.717, 1.165) is 0 Å². The van der Waals surface area contributed by atoms with Crippen molar-refractivity contribution in [2.45, 2.75) is 31.2 Å². The zero-order chi connectivity index (χ0) is 15.5. The number of rotatable bonds is 5. The Morgan fingerprint density at radius 2 is 2.05 bits per heavy atom. The number of methoxy groups -OCH3 is 1. The quantitative estimate of drug-likeness (QED) is 0.806. The van der Waals surface area contributed by atoms with E-state index < -0.39 is 5.79 Å². The molecule has 0 spiro atoms. The van der Waals surface area contributed by atoms with Gasteiger partial charge in [-0.1, -0.05) is 6.07 Å². The number of benzene rings is 1. The van der Waals surface area contributed by atoms with Gasteiger partial charge in [0.1, 0.15) is 11.5 Å². The molecule has 0 radical (unpaired) electrons. The van der Waals surface area contributed by atoms with Gasteiger partial charge >= 0.3 is 0 Å². The fourth-order valence-electron chi connectivity index (χ4n) is 2.87. The molecule has 5 nitrogen and oxygen atoms in total. The van der Waals surface area contributed by atoms with Crippen LogP contribution in [-0.2, 0) is 0 Å². The predicted molar refractivity (Wildman–Crippen MR) is 80.5 cm³/mol. The standard InChI is InChI=1S/C16H25NO4/c1-17(2)11-12-9-13(18)7-8-16(12,19)21-15-6-4-5-14(10-15)20-3/h4-6,10,12-13,18-19H,7-9,11H2,1-3H3. The van der Waals surface area contributed by atoms with Gasteiger partial charge < -0.3 is 24.6 Å². The molecule has 118 valence electrons. The maximum atomic E-state index is 10.9. The van der Waals surface area contributed by atoms with Crippen LogP contribution in [0.2, 0.25) is 0 Å². The Morgan fingerprint density at radius 1 is 1.33 bits per heavy atom. The summed E-state index contributed by atoms with van der Waals surface area (Å²) in [5, 5.41) is 20.8. The topological polar surface area (TPSA) is 62.2 Å². The first-order valence-electron chi connectivity index (χ1n) is 7.31. The minimum absolute atomic E-state index is 0.137. The van der Waals surface area contributed by atoms with Crippen LogP contribution >= 0.6 is 0 Å². The molecular weight excluding hydrogens is 270 g/mol. The summed E-state index contributed by atoms with van der Waals surface area (Å²) >= 11 is 0. The zero-order valence-electron chi connectivity index (χ0n) is 13.0. The molecule has 0 aromatic heterocycles. The summed E-state index contributed by atoms with van der Waals surface area (Å²) in [4.78, 5) is 2.00. The molecule has 1 aromatic carbocycles. The van der Waals surface area contributed by atoms with Gasteiger partial charge in [-0.2, -0.15) is 0 Å². The van der Waals surface area contributed by atoms with Crippen LogP contribution in [0.25, 0.3) is 0 Å². The Hall–Kier alpha value is -1.30. The number of ether oxygens (including phenoxy) is 2. The lowest BCUT2D eigenvalue weighted by molar-refractivity contribution is -0.211. The Labute approximate surface area is 126 Å². The molecule has 0 heterocycles. The average Bonchev–Trinajstić information content (AvgIpc) is 2.43. The molecule has 5 heteroatoms. The molecule has 3 atom stereocenters. The van der Waals surface area contributed by atoms with Gasteiger partial charge in [0.15, 0.2) is 0 Å². The number of aliphatic hydroxyl groups is 2. The summed E-state index contributed by atoms with van der Waals surface area (Å²) < 4.78 is 11.1. The Bertz CT molecular complexity index is 463. The van der Waals surface area contributed by atoms with Gasteiger partial charge in [-0.15, -0.1) is 0 Å².